The summed E-state index contributed by atoms with van der Waals surface area (Å²) in [7, 11) is -3.08. The minimum Gasteiger partial charge on any atom is -0.351 e. The molecule has 1 fully saturated rings. The van der Waals surface area contributed by atoms with E-state index in [1.165, 1.54) is 0 Å². The lowest BCUT2D eigenvalue weighted by atomic mass is 10.0. The molecule has 3 rings (SSSR count). The lowest BCUT2D eigenvalue weighted by molar-refractivity contribution is -0.123. The SMILES string of the molecule is CCN(CC(=O)Nc1ccccc1C(=O)c1ccccc1)CC(=O)NC1CCS(=O)(=O)C1. The van der Waals surface area contributed by atoms with E-state index >= 15 is 0 Å². The number of anilines is 1. The summed E-state index contributed by atoms with van der Waals surface area (Å²) in [6.07, 6.45) is 0.410. The third-order valence-corrected chi connectivity index (χ3v) is 7.03. The van der Waals surface area contributed by atoms with E-state index in [9.17, 15) is 22.8 Å². The van der Waals surface area contributed by atoms with Crippen LogP contribution in [-0.2, 0) is 19.4 Å². The number of benzene rings is 2. The molecule has 0 bridgehead atoms. The van der Waals surface area contributed by atoms with E-state index in [4.69, 9.17) is 0 Å². The van der Waals surface area contributed by atoms with E-state index in [-0.39, 0.29) is 48.2 Å². The smallest absolute Gasteiger partial charge is 0.238 e. The van der Waals surface area contributed by atoms with Crippen LogP contribution in [0.1, 0.15) is 29.3 Å². The number of para-hydroxylation sites is 1. The Morgan fingerprint density at radius 3 is 2.28 bits per heavy atom. The molecule has 0 aromatic heterocycles. The number of amides is 2. The molecule has 32 heavy (non-hydrogen) atoms. The largest absolute Gasteiger partial charge is 0.351 e. The van der Waals surface area contributed by atoms with Gasteiger partial charge in [-0.25, -0.2) is 8.42 Å². The van der Waals surface area contributed by atoms with Crippen LogP contribution in [0.2, 0.25) is 0 Å². The summed E-state index contributed by atoms with van der Waals surface area (Å²) < 4.78 is 23.1. The van der Waals surface area contributed by atoms with Crippen LogP contribution in [0.5, 0.6) is 0 Å². The van der Waals surface area contributed by atoms with Crippen molar-refractivity contribution in [1.82, 2.24) is 10.2 Å². The van der Waals surface area contributed by atoms with Crippen molar-refractivity contribution in [3.8, 4) is 0 Å². The van der Waals surface area contributed by atoms with E-state index in [0.29, 0.717) is 29.8 Å². The van der Waals surface area contributed by atoms with E-state index in [2.05, 4.69) is 10.6 Å². The molecule has 1 aliphatic heterocycles. The molecular weight excluding hydrogens is 430 g/mol. The number of rotatable bonds is 9. The molecule has 2 aromatic rings. The van der Waals surface area contributed by atoms with Gasteiger partial charge >= 0.3 is 0 Å². The highest BCUT2D eigenvalue weighted by molar-refractivity contribution is 7.91. The van der Waals surface area contributed by atoms with Crippen molar-refractivity contribution in [2.24, 2.45) is 0 Å². The Bertz CT molecular complexity index is 1090. The van der Waals surface area contributed by atoms with Gasteiger partial charge in [-0.05, 0) is 25.1 Å². The van der Waals surface area contributed by atoms with E-state index in [1.807, 2.05) is 13.0 Å². The Morgan fingerprint density at radius 1 is 0.969 bits per heavy atom. The fourth-order valence-electron chi connectivity index (χ4n) is 3.59. The van der Waals surface area contributed by atoms with Crippen molar-refractivity contribution in [2.75, 3.05) is 36.5 Å². The van der Waals surface area contributed by atoms with E-state index in [0.717, 1.165) is 0 Å². The third-order valence-electron chi connectivity index (χ3n) is 5.26. The second kappa shape index (κ2) is 10.5. The predicted molar refractivity (Wildman–Crippen MR) is 122 cm³/mol. The first-order chi connectivity index (χ1) is 15.3. The quantitative estimate of drug-likeness (QED) is 0.552. The van der Waals surface area contributed by atoms with Crippen LogP contribution in [-0.4, -0.2) is 68.1 Å². The zero-order chi connectivity index (χ0) is 23.1. The summed E-state index contributed by atoms with van der Waals surface area (Å²) in [6, 6.07) is 15.2. The third kappa shape index (κ3) is 6.48. The molecule has 8 nitrogen and oxygen atoms in total. The van der Waals surface area contributed by atoms with E-state index < -0.39 is 9.84 Å². The summed E-state index contributed by atoms with van der Waals surface area (Å²) in [5, 5.41) is 5.50. The summed E-state index contributed by atoms with van der Waals surface area (Å²) in [5.74, 6) is -0.825. The number of hydrogen-bond donors (Lipinski definition) is 2. The van der Waals surface area contributed by atoms with Crippen LogP contribution in [0.3, 0.4) is 0 Å². The highest BCUT2D eigenvalue weighted by Crippen LogP contribution is 2.19. The molecule has 1 aliphatic rings. The topological polar surface area (TPSA) is 113 Å². The van der Waals surface area contributed by atoms with Gasteiger partial charge in [-0.3, -0.25) is 19.3 Å². The van der Waals surface area contributed by atoms with Crippen molar-refractivity contribution in [2.45, 2.75) is 19.4 Å². The molecule has 0 spiro atoms. The fourth-order valence-corrected chi connectivity index (χ4v) is 5.27. The Hall–Kier alpha value is -3.04. The number of nitrogens with zero attached hydrogens (tertiary/aromatic N) is 1. The Balaban J connectivity index is 1.58. The zero-order valence-electron chi connectivity index (χ0n) is 17.9. The summed E-state index contributed by atoms with van der Waals surface area (Å²) in [5.41, 5.74) is 1.31. The molecule has 9 heteroatoms. The van der Waals surface area contributed by atoms with Crippen LogP contribution in [0.4, 0.5) is 5.69 Å². The van der Waals surface area contributed by atoms with Gasteiger partial charge in [-0.2, -0.15) is 0 Å². The second-order valence-electron chi connectivity index (χ2n) is 7.76. The molecule has 2 aromatic carbocycles. The summed E-state index contributed by atoms with van der Waals surface area (Å²) in [6.45, 7) is 2.22. The monoisotopic (exact) mass is 457 g/mol. The average molecular weight is 458 g/mol. The van der Waals surface area contributed by atoms with Gasteiger partial charge < -0.3 is 10.6 Å². The van der Waals surface area contributed by atoms with E-state index in [1.54, 1.807) is 53.4 Å². The highest BCUT2D eigenvalue weighted by atomic mass is 32.2. The number of ketones is 1. The molecule has 170 valence electrons. The van der Waals surface area contributed by atoms with Crippen LogP contribution < -0.4 is 10.6 Å². The molecule has 0 saturated carbocycles. The number of sulfone groups is 1. The van der Waals surface area contributed by atoms with Crippen molar-refractivity contribution in [1.29, 1.82) is 0 Å². The van der Waals surface area contributed by atoms with Crippen LogP contribution in [0.25, 0.3) is 0 Å². The van der Waals surface area contributed by atoms with Crippen LogP contribution >= 0.6 is 0 Å². The van der Waals surface area contributed by atoms with Crippen molar-refractivity contribution in [3.05, 3.63) is 65.7 Å². The Morgan fingerprint density at radius 2 is 1.62 bits per heavy atom. The van der Waals surface area contributed by atoms with Gasteiger partial charge in [0.25, 0.3) is 0 Å². The van der Waals surface area contributed by atoms with Gasteiger partial charge in [0, 0.05) is 17.2 Å². The molecular formula is C23H27N3O5S. The molecule has 1 atom stereocenters. The van der Waals surface area contributed by atoms with Crippen LogP contribution in [0.15, 0.2) is 54.6 Å². The lowest BCUT2D eigenvalue weighted by Gasteiger charge is -2.21. The minimum absolute atomic E-state index is 0.0228. The van der Waals surface area contributed by atoms with Gasteiger partial charge in [0.1, 0.15) is 0 Å². The molecule has 0 aliphatic carbocycles. The first-order valence-electron chi connectivity index (χ1n) is 10.5. The van der Waals surface area contributed by atoms with Crippen molar-refractivity contribution < 1.29 is 22.8 Å². The molecule has 1 unspecified atom stereocenters. The van der Waals surface area contributed by atoms with Gasteiger partial charge in [-0.1, -0.05) is 49.4 Å². The molecule has 0 radical (unpaired) electrons. The zero-order valence-corrected chi connectivity index (χ0v) is 18.7. The van der Waals surface area contributed by atoms with Gasteiger partial charge in [0.15, 0.2) is 15.6 Å². The number of carbonyl (C=O) groups is 3. The number of likely N-dealkylation sites (N-methyl/N-ethyl adjacent to an activating group) is 1. The average Bonchev–Trinajstić information content (AvgIpc) is 3.11. The highest BCUT2D eigenvalue weighted by Gasteiger charge is 2.29. The van der Waals surface area contributed by atoms with Gasteiger partial charge in [0.05, 0.1) is 30.3 Å². The summed E-state index contributed by atoms with van der Waals surface area (Å²) in [4.78, 5) is 39.4. The maximum absolute atomic E-state index is 12.8. The van der Waals surface area contributed by atoms with Crippen molar-refractivity contribution >= 4 is 33.1 Å². The molecule has 2 amide bonds. The molecule has 1 saturated heterocycles. The van der Waals surface area contributed by atoms with Crippen LogP contribution in [0, 0.1) is 0 Å². The van der Waals surface area contributed by atoms with Gasteiger partial charge in [-0.15, -0.1) is 0 Å². The standard InChI is InChI=1S/C23H27N3O5S/c1-2-26(14-21(27)24-18-12-13-32(30,31)16-18)15-22(28)25-20-11-7-6-10-19(20)23(29)17-8-4-3-5-9-17/h3-11,18H,2,12-16H2,1H3,(H,24,27)(H,25,28). The van der Waals surface area contributed by atoms with Gasteiger partial charge in [0.2, 0.25) is 11.8 Å². The summed E-state index contributed by atoms with van der Waals surface area (Å²) >= 11 is 0. The fraction of sp³-hybridized carbons (Fsp3) is 0.348. The second-order valence-corrected chi connectivity index (χ2v) is 9.99. The Kier molecular flexibility index (Phi) is 7.76. The predicted octanol–water partition coefficient (Wildman–Crippen LogP) is 1.48. The maximum atomic E-state index is 12.8. The first-order valence-corrected chi connectivity index (χ1v) is 12.3. The number of nitrogens with one attached hydrogen (secondary N) is 2. The molecule has 2 N–H and O–H groups in total. The normalized spacial score (nSPS) is 17.1. The Labute approximate surface area is 187 Å². The maximum Gasteiger partial charge on any atom is 0.238 e. The number of hydrogen-bond acceptors (Lipinski definition) is 6. The number of carbonyl (C=O) groups excluding carboxylic acids is 3. The lowest BCUT2D eigenvalue weighted by Crippen LogP contribution is -2.44. The minimum atomic E-state index is -3.08. The first kappa shape index (κ1) is 23.6. The van der Waals surface area contributed by atoms with Crippen molar-refractivity contribution in [3.63, 3.8) is 0 Å². The molecule has 1 heterocycles.